The first kappa shape index (κ1) is 10.6. The van der Waals surface area contributed by atoms with Crippen molar-refractivity contribution in [1.29, 1.82) is 0 Å². The topological polar surface area (TPSA) is 76.4 Å². The minimum atomic E-state index is 0.425. The lowest BCUT2D eigenvalue weighted by atomic mass is 10.5. The van der Waals surface area contributed by atoms with Crippen molar-refractivity contribution in [2.45, 2.75) is 13.3 Å². The third-order valence-corrected chi connectivity index (χ3v) is 1.14. The molecule has 0 amide bonds. The fraction of sp³-hybridized carbons (Fsp3) is 0.375. The first-order valence-corrected chi connectivity index (χ1v) is 3.85. The summed E-state index contributed by atoms with van der Waals surface area (Å²) in [7, 11) is 0. The smallest absolute Gasteiger partial charge is 0.118 e. The molecule has 0 bridgehead atoms. The maximum Gasteiger partial charge on any atom is 0.118 e. The van der Waals surface area contributed by atoms with Crippen LogP contribution in [0.15, 0.2) is 29.3 Å². The van der Waals surface area contributed by atoms with Crippen LogP contribution in [0, 0.1) is 0 Å². The van der Waals surface area contributed by atoms with Gasteiger partial charge in [0.25, 0.3) is 0 Å². The van der Waals surface area contributed by atoms with Crippen molar-refractivity contribution >= 4 is 6.21 Å². The first-order valence-electron chi connectivity index (χ1n) is 3.85. The molecule has 0 aliphatic rings. The molecule has 0 spiro atoms. The van der Waals surface area contributed by atoms with E-state index in [0.717, 1.165) is 13.0 Å². The normalized spacial score (nSPS) is 11.9. The van der Waals surface area contributed by atoms with Gasteiger partial charge in [-0.2, -0.15) is 0 Å². The van der Waals surface area contributed by atoms with Crippen LogP contribution in [-0.2, 0) is 0 Å². The Kier molecular flexibility index (Phi) is 5.51. The molecule has 0 aliphatic carbocycles. The van der Waals surface area contributed by atoms with E-state index in [1.165, 1.54) is 12.4 Å². The molecule has 0 radical (unpaired) electrons. The van der Waals surface area contributed by atoms with Crippen LogP contribution in [0.5, 0.6) is 0 Å². The molecule has 5 N–H and O–H groups in total. The van der Waals surface area contributed by atoms with Gasteiger partial charge in [-0.25, -0.2) is 4.99 Å². The number of nitrogens with zero attached hydrogens (tertiary/aromatic N) is 1. The quantitative estimate of drug-likeness (QED) is 0.516. The molecule has 0 fully saturated rings. The van der Waals surface area contributed by atoms with Gasteiger partial charge in [0.1, 0.15) is 5.82 Å². The van der Waals surface area contributed by atoms with E-state index in [2.05, 4.69) is 23.8 Å². The van der Waals surface area contributed by atoms with Crippen LogP contribution in [0.25, 0.3) is 0 Å². The predicted octanol–water partition coefficient (Wildman–Crippen LogP) is 0.287. The number of hydrogen-bond acceptors (Lipinski definition) is 4. The van der Waals surface area contributed by atoms with Crippen LogP contribution in [0.2, 0.25) is 0 Å². The second kappa shape index (κ2) is 6.27. The van der Waals surface area contributed by atoms with E-state index in [-0.39, 0.29) is 0 Å². The maximum atomic E-state index is 5.37. The number of allylic oxidation sites excluding steroid dienone is 1. The predicted molar refractivity (Wildman–Crippen MR) is 52.4 cm³/mol. The Morgan fingerprint density at radius 1 is 1.67 bits per heavy atom. The number of nitrogens with one attached hydrogen (secondary N) is 1. The van der Waals surface area contributed by atoms with Gasteiger partial charge >= 0.3 is 0 Å². The molecule has 68 valence electrons. The Morgan fingerprint density at radius 2 is 2.33 bits per heavy atom. The van der Waals surface area contributed by atoms with E-state index in [9.17, 15) is 0 Å². The van der Waals surface area contributed by atoms with Crippen LogP contribution in [0.4, 0.5) is 0 Å². The molecular weight excluding hydrogens is 152 g/mol. The van der Waals surface area contributed by atoms with Crippen molar-refractivity contribution in [3.63, 3.8) is 0 Å². The lowest BCUT2D eigenvalue weighted by molar-refractivity contribution is 0.765. The molecule has 0 atom stereocenters. The van der Waals surface area contributed by atoms with Gasteiger partial charge in [0, 0.05) is 12.7 Å². The largest absolute Gasteiger partial charge is 0.403 e. The summed E-state index contributed by atoms with van der Waals surface area (Å²) in [5, 5.41) is 3.00. The molecule has 12 heavy (non-hydrogen) atoms. The summed E-state index contributed by atoms with van der Waals surface area (Å²) in [6, 6.07) is 0. The molecular formula is C8H16N4. The van der Waals surface area contributed by atoms with Gasteiger partial charge in [-0.3, -0.25) is 0 Å². The van der Waals surface area contributed by atoms with E-state index >= 15 is 0 Å². The van der Waals surface area contributed by atoms with E-state index in [1.807, 2.05) is 0 Å². The van der Waals surface area contributed by atoms with Gasteiger partial charge in [0.05, 0.1) is 11.9 Å². The molecule has 4 nitrogen and oxygen atoms in total. The lowest BCUT2D eigenvalue weighted by Gasteiger charge is -2.01. The summed E-state index contributed by atoms with van der Waals surface area (Å²) in [6.07, 6.45) is 3.79. The Hall–Kier alpha value is -1.45. The molecule has 4 heteroatoms. The third kappa shape index (κ3) is 5.34. The molecule has 0 unspecified atom stereocenters. The maximum absolute atomic E-state index is 5.37. The lowest BCUT2D eigenvalue weighted by Crippen LogP contribution is -2.12. The second-order valence-corrected chi connectivity index (χ2v) is 2.30. The summed E-state index contributed by atoms with van der Waals surface area (Å²) in [6.45, 7) is 6.60. The highest BCUT2D eigenvalue weighted by Crippen LogP contribution is 1.86. The van der Waals surface area contributed by atoms with Crippen molar-refractivity contribution in [3.8, 4) is 0 Å². The molecule has 0 aromatic heterocycles. The molecule has 0 rings (SSSR count). The fourth-order valence-electron chi connectivity index (χ4n) is 0.510. The highest BCUT2D eigenvalue weighted by molar-refractivity contribution is 5.77. The van der Waals surface area contributed by atoms with Crippen molar-refractivity contribution in [1.82, 2.24) is 5.32 Å². The first-order chi connectivity index (χ1) is 5.70. The van der Waals surface area contributed by atoms with Gasteiger partial charge in [0.15, 0.2) is 0 Å². The zero-order valence-corrected chi connectivity index (χ0v) is 7.38. The van der Waals surface area contributed by atoms with Crippen molar-refractivity contribution in [3.05, 3.63) is 24.3 Å². The molecule has 0 aromatic rings. The number of rotatable bonds is 5. The zero-order chi connectivity index (χ0) is 9.40. The van der Waals surface area contributed by atoms with Gasteiger partial charge in [0.2, 0.25) is 0 Å². The highest BCUT2D eigenvalue weighted by Gasteiger charge is 1.85. The Morgan fingerprint density at radius 3 is 2.83 bits per heavy atom. The minimum Gasteiger partial charge on any atom is -0.403 e. The SMILES string of the molecule is C=C(/N=C\C(N)=C/N)NCCC. The van der Waals surface area contributed by atoms with Crippen LogP contribution in [-0.4, -0.2) is 12.8 Å². The number of aliphatic imine (C=N–C) groups is 1. The highest BCUT2D eigenvalue weighted by atomic mass is 15.0. The van der Waals surface area contributed by atoms with E-state index in [0.29, 0.717) is 11.5 Å². The summed E-state index contributed by atoms with van der Waals surface area (Å²) in [5.41, 5.74) is 10.9. The average Bonchev–Trinajstić information content (AvgIpc) is 2.10. The zero-order valence-electron chi connectivity index (χ0n) is 7.38. The summed E-state index contributed by atoms with van der Waals surface area (Å²) in [4.78, 5) is 3.93. The molecule has 0 heterocycles. The summed E-state index contributed by atoms with van der Waals surface area (Å²) < 4.78 is 0. The van der Waals surface area contributed by atoms with Gasteiger partial charge in [-0.15, -0.1) is 0 Å². The van der Waals surface area contributed by atoms with E-state index < -0.39 is 0 Å². The van der Waals surface area contributed by atoms with E-state index in [1.54, 1.807) is 0 Å². The fourth-order valence-corrected chi connectivity index (χ4v) is 0.510. The summed E-state index contributed by atoms with van der Waals surface area (Å²) >= 11 is 0. The van der Waals surface area contributed by atoms with Gasteiger partial charge in [-0.1, -0.05) is 13.5 Å². The van der Waals surface area contributed by atoms with Crippen molar-refractivity contribution < 1.29 is 0 Å². The molecule has 0 aromatic carbocycles. The van der Waals surface area contributed by atoms with Crippen molar-refractivity contribution in [2.24, 2.45) is 16.5 Å². The molecule has 0 aliphatic heterocycles. The van der Waals surface area contributed by atoms with Crippen LogP contribution in [0.1, 0.15) is 13.3 Å². The standard InChI is InChI=1S/C8H16N4/c1-3-4-11-7(2)12-6-8(10)5-9/h5-6,11H,2-4,9-10H2,1H3/b8-5+,12-6-. The Balaban J connectivity index is 3.76. The van der Waals surface area contributed by atoms with Crippen LogP contribution < -0.4 is 16.8 Å². The third-order valence-electron chi connectivity index (χ3n) is 1.14. The number of hydrogen-bond donors (Lipinski definition) is 3. The molecule has 0 saturated heterocycles. The average molecular weight is 168 g/mol. The van der Waals surface area contributed by atoms with Crippen LogP contribution in [0.3, 0.4) is 0 Å². The minimum absolute atomic E-state index is 0.425. The summed E-state index contributed by atoms with van der Waals surface area (Å²) in [5.74, 6) is 0.599. The Bertz CT molecular complexity index is 193. The Labute approximate surface area is 73.0 Å². The second-order valence-electron chi connectivity index (χ2n) is 2.30. The van der Waals surface area contributed by atoms with Crippen LogP contribution >= 0.6 is 0 Å². The molecule has 0 saturated carbocycles. The van der Waals surface area contributed by atoms with Gasteiger partial charge in [-0.05, 0) is 6.42 Å². The van der Waals surface area contributed by atoms with Crippen molar-refractivity contribution in [2.75, 3.05) is 6.54 Å². The number of nitrogens with two attached hydrogens (primary N) is 2. The van der Waals surface area contributed by atoms with E-state index in [4.69, 9.17) is 11.5 Å². The van der Waals surface area contributed by atoms with Gasteiger partial charge < -0.3 is 16.8 Å². The monoisotopic (exact) mass is 168 g/mol.